The van der Waals surface area contributed by atoms with E-state index in [2.05, 4.69) is 29.4 Å². The Balaban J connectivity index is 1.59. The zero-order valence-electron chi connectivity index (χ0n) is 11.1. The van der Waals surface area contributed by atoms with Gasteiger partial charge in [0, 0.05) is 12.4 Å². The van der Waals surface area contributed by atoms with Crippen LogP contribution in [0.5, 0.6) is 5.75 Å². The van der Waals surface area contributed by atoms with Crippen LogP contribution in [0, 0.1) is 0 Å². The first-order chi connectivity index (χ1) is 9.90. The molecule has 0 aliphatic heterocycles. The third kappa shape index (κ3) is 3.26. The summed E-state index contributed by atoms with van der Waals surface area (Å²) in [6, 6.07) is 20.2. The molecule has 0 saturated carbocycles. The summed E-state index contributed by atoms with van der Waals surface area (Å²) in [5, 5.41) is 4.20. The van der Waals surface area contributed by atoms with E-state index in [1.165, 1.54) is 5.56 Å². The minimum Gasteiger partial charge on any atom is -0.489 e. The van der Waals surface area contributed by atoms with E-state index in [1.807, 2.05) is 47.3 Å². The largest absolute Gasteiger partial charge is 0.489 e. The summed E-state index contributed by atoms with van der Waals surface area (Å²) in [6.07, 6.45) is 3.76. The third-order valence-corrected chi connectivity index (χ3v) is 3.08. The van der Waals surface area contributed by atoms with Gasteiger partial charge in [-0.3, -0.25) is 4.68 Å². The molecule has 0 saturated heterocycles. The Morgan fingerprint density at radius 2 is 1.60 bits per heavy atom. The van der Waals surface area contributed by atoms with Crippen molar-refractivity contribution in [2.24, 2.45) is 0 Å². The summed E-state index contributed by atoms with van der Waals surface area (Å²) in [6.45, 7) is 1.39. The molecule has 0 spiro atoms. The van der Waals surface area contributed by atoms with E-state index < -0.39 is 0 Å². The highest BCUT2D eigenvalue weighted by Gasteiger charge is 1.98. The van der Waals surface area contributed by atoms with Crippen LogP contribution < -0.4 is 4.74 Å². The predicted molar refractivity (Wildman–Crippen MR) is 78.5 cm³/mol. The summed E-state index contributed by atoms with van der Waals surface area (Å²) in [4.78, 5) is 0. The molecular formula is C17H16N2O. The van der Waals surface area contributed by atoms with Crippen LogP contribution in [0.3, 0.4) is 0 Å². The van der Waals surface area contributed by atoms with Crippen molar-refractivity contribution in [2.45, 2.75) is 13.2 Å². The summed E-state index contributed by atoms with van der Waals surface area (Å²) in [5.41, 5.74) is 2.40. The Bertz CT molecular complexity index is 631. The van der Waals surface area contributed by atoms with Gasteiger partial charge in [0.1, 0.15) is 12.4 Å². The second kappa shape index (κ2) is 6.06. The maximum atomic E-state index is 5.72. The number of aromatic nitrogens is 2. The molecule has 3 heteroatoms. The van der Waals surface area contributed by atoms with E-state index in [0.717, 1.165) is 17.9 Å². The van der Waals surface area contributed by atoms with Crippen molar-refractivity contribution in [1.29, 1.82) is 0 Å². The Hall–Kier alpha value is -2.55. The van der Waals surface area contributed by atoms with Gasteiger partial charge in [0.05, 0.1) is 6.54 Å². The lowest BCUT2D eigenvalue weighted by Crippen LogP contribution is -2.00. The highest BCUT2D eigenvalue weighted by Crippen LogP contribution is 2.12. The molecule has 1 aromatic heterocycles. The van der Waals surface area contributed by atoms with E-state index in [4.69, 9.17) is 4.74 Å². The highest BCUT2D eigenvalue weighted by molar-refractivity contribution is 5.24. The monoisotopic (exact) mass is 264 g/mol. The number of nitrogens with zero attached hydrogens (tertiary/aromatic N) is 2. The van der Waals surface area contributed by atoms with Crippen LogP contribution in [0.25, 0.3) is 0 Å². The van der Waals surface area contributed by atoms with Crippen LogP contribution in [0.4, 0.5) is 0 Å². The van der Waals surface area contributed by atoms with Gasteiger partial charge in [-0.25, -0.2) is 0 Å². The molecule has 3 aromatic rings. The maximum Gasteiger partial charge on any atom is 0.119 e. The Morgan fingerprint density at radius 1 is 0.850 bits per heavy atom. The summed E-state index contributed by atoms with van der Waals surface area (Å²) in [7, 11) is 0. The number of benzene rings is 2. The quantitative estimate of drug-likeness (QED) is 0.705. The van der Waals surface area contributed by atoms with E-state index in [1.54, 1.807) is 6.20 Å². The minimum absolute atomic E-state index is 0.589. The van der Waals surface area contributed by atoms with E-state index in [-0.39, 0.29) is 0 Å². The van der Waals surface area contributed by atoms with Crippen LogP contribution in [0.1, 0.15) is 11.1 Å². The maximum absolute atomic E-state index is 5.72. The van der Waals surface area contributed by atoms with Crippen LogP contribution in [0.15, 0.2) is 73.1 Å². The Morgan fingerprint density at radius 3 is 2.30 bits per heavy atom. The van der Waals surface area contributed by atoms with Crippen molar-refractivity contribution in [2.75, 3.05) is 0 Å². The summed E-state index contributed by atoms with van der Waals surface area (Å²) < 4.78 is 7.63. The summed E-state index contributed by atoms with van der Waals surface area (Å²) >= 11 is 0. The van der Waals surface area contributed by atoms with Gasteiger partial charge >= 0.3 is 0 Å². The molecule has 0 aliphatic rings. The van der Waals surface area contributed by atoms with Gasteiger partial charge < -0.3 is 4.74 Å². The van der Waals surface area contributed by atoms with Gasteiger partial charge in [-0.1, -0.05) is 42.5 Å². The zero-order valence-corrected chi connectivity index (χ0v) is 11.1. The molecule has 3 rings (SSSR count). The molecule has 0 N–H and O–H groups in total. The molecule has 1 heterocycles. The molecule has 0 unspecified atom stereocenters. The second-order valence-electron chi connectivity index (χ2n) is 4.62. The van der Waals surface area contributed by atoms with Crippen molar-refractivity contribution >= 4 is 0 Å². The fraction of sp³-hybridized carbons (Fsp3) is 0.118. The number of ether oxygens (including phenoxy) is 1. The Labute approximate surface area is 118 Å². The molecule has 0 aliphatic carbocycles. The fourth-order valence-electron chi connectivity index (χ4n) is 2.01. The summed E-state index contributed by atoms with van der Waals surface area (Å²) in [5.74, 6) is 0.896. The first-order valence-corrected chi connectivity index (χ1v) is 6.63. The number of rotatable bonds is 5. The fourth-order valence-corrected chi connectivity index (χ4v) is 2.01. The van der Waals surface area contributed by atoms with E-state index >= 15 is 0 Å². The van der Waals surface area contributed by atoms with Crippen molar-refractivity contribution < 1.29 is 4.74 Å². The third-order valence-electron chi connectivity index (χ3n) is 3.08. The number of hydrogen-bond donors (Lipinski definition) is 0. The lowest BCUT2D eigenvalue weighted by atomic mass is 10.1. The molecule has 20 heavy (non-hydrogen) atoms. The molecule has 2 aromatic carbocycles. The number of hydrogen-bond acceptors (Lipinski definition) is 2. The molecule has 0 radical (unpaired) electrons. The molecule has 0 atom stereocenters. The van der Waals surface area contributed by atoms with Crippen LogP contribution in [-0.4, -0.2) is 9.78 Å². The van der Waals surface area contributed by atoms with Gasteiger partial charge in [0.2, 0.25) is 0 Å². The van der Waals surface area contributed by atoms with E-state index in [0.29, 0.717) is 6.61 Å². The number of para-hydroxylation sites is 1. The first-order valence-electron chi connectivity index (χ1n) is 6.63. The van der Waals surface area contributed by atoms with Crippen molar-refractivity contribution in [3.05, 3.63) is 84.2 Å². The van der Waals surface area contributed by atoms with Crippen LogP contribution in [-0.2, 0) is 13.2 Å². The van der Waals surface area contributed by atoms with Crippen molar-refractivity contribution in [1.82, 2.24) is 9.78 Å². The van der Waals surface area contributed by atoms with Crippen LogP contribution >= 0.6 is 0 Å². The first kappa shape index (κ1) is 12.5. The topological polar surface area (TPSA) is 27.1 Å². The average Bonchev–Trinajstić information content (AvgIpc) is 3.01. The standard InChI is InChI=1S/C17H16N2O/c1-2-5-17(6-3-1)20-14-16-9-7-15(8-10-16)13-19-12-4-11-18-19/h1-12H,13-14H2. The van der Waals surface area contributed by atoms with Gasteiger partial charge in [-0.05, 0) is 29.3 Å². The minimum atomic E-state index is 0.589. The highest BCUT2D eigenvalue weighted by atomic mass is 16.5. The van der Waals surface area contributed by atoms with Gasteiger partial charge in [0.15, 0.2) is 0 Å². The molecule has 0 bridgehead atoms. The van der Waals surface area contributed by atoms with Crippen LogP contribution in [0.2, 0.25) is 0 Å². The Kier molecular flexibility index (Phi) is 3.78. The molecule has 0 fully saturated rings. The predicted octanol–water partition coefficient (Wildman–Crippen LogP) is 3.51. The second-order valence-corrected chi connectivity index (χ2v) is 4.62. The lowest BCUT2D eigenvalue weighted by molar-refractivity contribution is 0.306. The molecule has 100 valence electrons. The van der Waals surface area contributed by atoms with Gasteiger partial charge in [-0.2, -0.15) is 5.10 Å². The van der Waals surface area contributed by atoms with Crippen molar-refractivity contribution in [3.63, 3.8) is 0 Å². The SMILES string of the molecule is c1ccc(OCc2ccc(Cn3cccn3)cc2)cc1. The van der Waals surface area contributed by atoms with Crippen molar-refractivity contribution in [3.8, 4) is 5.75 Å². The molecular weight excluding hydrogens is 248 g/mol. The zero-order chi connectivity index (χ0) is 13.6. The van der Waals surface area contributed by atoms with E-state index in [9.17, 15) is 0 Å². The molecule has 3 nitrogen and oxygen atoms in total. The average molecular weight is 264 g/mol. The lowest BCUT2D eigenvalue weighted by Gasteiger charge is -2.07. The smallest absolute Gasteiger partial charge is 0.119 e. The molecule has 0 amide bonds. The normalized spacial score (nSPS) is 10.4. The van der Waals surface area contributed by atoms with Gasteiger partial charge in [0.25, 0.3) is 0 Å². The van der Waals surface area contributed by atoms with Gasteiger partial charge in [-0.15, -0.1) is 0 Å².